The molecule has 132 valence electrons. The number of fused-ring (bicyclic) bond motifs is 2. The summed E-state index contributed by atoms with van der Waals surface area (Å²) >= 11 is 0. The normalized spacial score (nSPS) is 26.3. The van der Waals surface area contributed by atoms with E-state index in [1.165, 1.54) is 12.1 Å². The monoisotopic (exact) mass is 336 g/mol. The van der Waals surface area contributed by atoms with E-state index in [-0.39, 0.29) is 29.9 Å². The third-order valence-corrected chi connectivity index (χ3v) is 4.71. The third-order valence-electron chi connectivity index (χ3n) is 4.71. The Morgan fingerprint density at radius 3 is 2.71 bits per heavy atom. The molecule has 0 N–H and O–H groups in total. The first-order valence-electron chi connectivity index (χ1n) is 8.59. The number of carbonyl (C=O) groups is 1. The number of aromatic nitrogens is 1. The minimum Gasteiger partial charge on any atom is -0.477 e. The molecule has 2 aliphatic rings. The van der Waals surface area contributed by atoms with Crippen molar-refractivity contribution in [3.05, 3.63) is 24.1 Å². The van der Waals surface area contributed by atoms with Crippen molar-refractivity contribution in [3.8, 4) is 5.88 Å². The standard InChI is InChI=1S/C18H25FN2O3/c1-18(2,3)24-17(22)21-14-6-4-12(15(21)8-7-14)11-23-16-9-5-13(19)10-20-16/h5,9-10,12,14-15H,4,6-8,11H2,1-3H3. The number of pyridine rings is 1. The molecule has 2 bridgehead atoms. The second-order valence-electron chi connectivity index (χ2n) is 7.65. The number of amides is 1. The second-order valence-corrected chi connectivity index (χ2v) is 7.65. The molecule has 3 atom stereocenters. The van der Waals surface area contributed by atoms with Gasteiger partial charge in [-0.2, -0.15) is 0 Å². The first kappa shape index (κ1) is 17.0. The van der Waals surface area contributed by atoms with Gasteiger partial charge in [0.1, 0.15) is 11.4 Å². The molecule has 1 aromatic rings. The summed E-state index contributed by atoms with van der Waals surface area (Å²) < 4.78 is 24.2. The topological polar surface area (TPSA) is 51.7 Å². The van der Waals surface area contributed by atoms with E-state index in [2.05, 4.69) is 4.98 Å². The summed E-state index contributed by atoms with van der Waals surface area (Å²) in [6, 6.07) is 3.30. The number of rotatable bonds is 3. The molecule has 0 radical (unpaired) electrons. The highest BCUT2D eigenvalue weighted by Crippen LogP contribution is 2.40. The van der Waals surface area contributed by atoms with Crippen molar-refractivity contribution in [1.82, 2.24) is 9.88 Å². The molecule has 3 rings (SSSR count). The van der Waals surface area contributed by atoms with Crippen LogP contribution in [0.15, 0.2) is 18.3 Å². The van der Waals surface area contributed by atoms with Crippen molar-refractivity contribution < 1.29 is 18.7 Å². The van der Waals surface area contributed by atoms with Crippen LogP contribution in [0.3, 0.4) is 0 Å². The Labute approximate surface area is 142 Å². The van der Waals surface area contributed by atoms with Crippen LogP contribution in [-0.2, 0) is 4.74 Å². The Morgan fingerprint density at radius 1 is 1.29 bits per heavy atom. The highest BCUT2D eigenvalue weighted by Gasteiger charge is 2.46. The summed E-state index contributed by atoms with van der Waals surface area (Å²) in [6.45, 7) is 6.14. The average molecular weight is 336 g/mol. The van der Waals surface area contributed by atoms with Gasteiger partial charge in [-0.15, -0.1) is 0 Å². The van der Waals surface area contributed by atoms with E-state index in [0.29, 0.717) is 12.5 Å². The van der Waals surface area contributed by atoms with E-state index < -0.39 is 5.60 Å². The molecule has 0 spiro atoms. The smallest absolute Gasteiger partial charge is 0.410 e. The maximum absolute atomic E-state index is 12.9. The highest BCUT2D eigenvalue weighted by molar-refractivity contribution is 5.69. The fraction of sp³-hybridized carbons (Fsp3) is 0.667. The summed E-state index contributed by atoms with van der Waals surface area (Å²) in [5.41, 5.74) is -0.488. The van der Waals surface area contributed by atoms with Crippen LogP contribution in [0.25, 0.3) is 0 Å². The number of ether oxygens (including phenoxy) is 2. The Hall–Kier alpha value is -1.85. The third kappa shape index (κ3) is 3.79. The number of hydrogen-bond donors (Lipinski definition) is 0. The molecule has 5 nitrogen and oxygen atoms in total. The molecule has 3 unspecified atom stereocenters. The van der Waals surface area contributed by atoms with Crippen molar-refractivity contribution >= 4 is 6.09 Å². The van der Waals surface area contributed by atoms with Crippen LogP contribution < -0.4 is 4.74 Å². The SMILES string of the molecule is CC(C)(C)OC(=O)N1C2CCC(COc3ccc(F)cn3)C1CC2. The van der Waals surface area contributed by atoms with E-state index in [1.54, 1.807) is 0 Å². The van der Waals surface area contributed by atoms with E-state index in [0.717, 1.165) is 31.9 Å². The van der Waals surface area contributed by atoms with Gasteiger partial charge in [0.25, 0.3) is 0 Å². The van der Waals surface area contributed by atoms with Gasteiger partial charge in [-0.1, -0.05) is 0 Å². The zero-order valence-corrected chi connectivity index (χ0v) is 14.5. The highest BCUT2D eigenvalue weighted by atomic mass is 19.1. The number of piperidine rings is 1. The van der Waals surface area contributed by atoms with Gasteiger partial charge in [0.05, 0.1) is 12.8 Å². The van der Waals surface area contributed by atoms with Crippen molar-refractivity contribution in [2.75, 3.05) is 6.61 Å². The van der Waals surface area contributed by atoms with E-state index in [4.69, 9.17) is 9.47 Å². The average Bonchev–Trinajstić information content (AvgIpc) is 2.82. The molecule has 0 aromatic carbocycles. The quantitative estimate of drug-likeness (QED) is 0.843. The predicted molar refractivity (Wildman–Crippen MR) is 87.3 cm³/mol. The van der Waals surface area contributed by atoms with Crippen LogP contribution in [0.2, 0.25) is 0 Å². The molecule has 2 saturated heterocycles. The molecular weight excluding hydrogens is 311 g/mol. The molecule has 6 heteroatoms. The minimum atomic E-state index is -0.488. The van der Waals surface area contributed by atoms with Crippen LogP contribution in [0.1, 0.15) is 46.5 Å². The Morgan fingerprint density at radius 2 is 2.04 bits per heavy atom. The predicted octanol–water partition coefficient (Wildman–Crippen LogP) is 3.78. The zero-order valence-electron chi connectivity index (χ0n) is 14.5. The van der Waals surface area contributed by atoms with Gasteiger partial charge in [0.15, 0.2) is 0 Å². The fourth-order valence-corrected chi connectivity index (χ4v) is 3.69. The maximum Gasteiger partial charge on any atom is 0.410 e. The van der Waals surface area contributed by atoms with Crippen LogP contribution in [0.4, 0.5) is 9.18 Å². The van der Waals surface area contributed by atoms with Crippen LogP contribution in [0, 0.1) is 11.7 Å². The largest absolute Gasteiger partial charge is 0.477 e. The summed E-state index contributed by atoms with van der Waals surface area (Å²) in [5, 5.41) is 0. The molecular formula is C18H25FN2O3. The van der Waals surface area contributed by atoms with Crippen molar-refractivity contribution in [2.24, 2.45) is 5.92 Å². The summed E-state index contributed by atoms with van der Waals surface area (Å²) in [4.78, 5) is 18.4. The molecule has 0 saturated carbocycles. The molecule has 24 heavy (non-hydrogen) atoms. The number of hydrogen-bond acceptors (Lipinski definition) is 4. The van der Waals surface area contributed by atoms with Gasteiger partial charge >= 0.3 is 6.09 Å². The Kier molecular flexibility index (Phi) is 4.65. The van der Waals surface area contributed by atoms with Crippen molar-refractivity contribution in [3.63, 3.8) is 0 Å². The van der Waals surface area contributed by atoms with Gasteiger partial charge in [-0.05, 0) is 52.5 Å². The fourth-order valence-electron chi connectivity index (χ4n) is 3.69. The van der Waals surface area contributed by atoms with Crippen molar-refractivity contribution in [2.45, 2.75) is 64.1 Å². The lowest BCUT2D eigenvalue weighted by Crippen LogP contribution is -2.51. The second kappa shape index (κ2) is 6.57. The van der Waals surface area contributed by atoms with Gasteiger partial charge < -0.3 is 14.4 Å². The lowest BCUT2D eigenvalue weighted by atomic mass is 9.91. The molecule has 0 aliphatic carbocycles. The lowest BCUT2D eigenvalue weighted by molar-refractivity contribution is -0.00608. The molecule has 2 aliphatic heterocycles. The summed E-state index contributed by atoms with van der Waals surface area (Å²) in [5.74, 6) is 0.290. The Bertz CT molecular complexity index is 585. The minimum absolute atomic E-state index is 0.152. The molecule has 3 heterocycles. The summed E-state index contributed by atoms with van der Waals surface area (Å²) in [6.07, 6.45) is 4.93. The van der Waals surface area contributed by atoms with Gasteiger partial charge in [0, 0.05) is 24.1 Å². The van der Waals surface area contributed by atoms with E-state index in [9.17, 15) is 9.18 Å². The van der Waals surface area contributed by atoms with E-state index >= 15 is 0 Å². The maximum atomic E-state index is 12.9. The number of halogens is 1. The van der Waals surface area contributed by atoms with Gasteiger partial charge in [-0.3, -0.25) is 0 Å². The van der Waals surface area contributed by atoms with Crippen molar-refractivity contribution in [1.29, 1.82) is 0 Å². The molecule has 2 fully saturated rings. The first-order valence-corrected chi connectivity index (χ1v) is 8.59. The molecule has 1 aromatic heterocycles. The van der Waals surface area contributed by atoms with Gasteiger partial charge in [0.2, 0.25) is 5.88 Å². The first-order chi connectivity index (χ1) is 11.3. The number of carbonyl (C=O) groups excluding carboxylic acids is 1. The zero-order chi connectivity index (χ0) is 17.3. The lowest BCUT2D eigenvalue weighted by Gasteiger charge is -2.40. The Balaban J connectivity index is 1.63. The van der Waals surface area contributed by atoms with Crippen LogP contribution in [0.5, 0.6) is 5.88 Å². The summed E-state index contributed by atoms with van der Waals surface area (Å²) in [7, 11) is 0. The van der Waals surface area contributed by atoms with Crippen LogP contribution >= 0.6 is 0 Å². The molecule has 1 amide bonds. The van der Waals surface area contributed by atoms with E-state index in [1.807, 2.05) is 25.7 Å². The van der Waals surface area contributed by atoms with Crippen LogP contribution in [-0.4, -0.2) is 40.3 Å². The number of nitrogens with zero attached hydrogens (tertiary/aromatic N) is 2. The van der Waals surface area contributed by atoms with Gasteiger partial charge in [-0.25, -0.2) is 14.2 Å².